The molecule has 3 atom stereocenters. The molecule has 2 aliphatic heterocycles. The van der Waals surface area contributed by atoms with Crippen LogP contribution in [-0.4, -0.2) is 91.0 Å². The number of imide groups is 1. The van der Waals surface area contributed by atoms with Gasteiger partial charge in [0.05, 0.1) is 11.2 Å². The molecule has 0 radical (unpaired) electrons. The molecule has 3 unspecified atom stereocenters. The van der Waals surface area contributed by atoms with Gasteiger partial charge >= 0.3 is 6.03 Å². The minimum Gasteiger partial charge on any atom is -0.336 e. The summed E-state index contributed by atoms with van der Waals surface area (Å²) in [6.07, 6.45) is 2.73. The fraction of sp³-hybridized carbons (Fsp3) is 0.640. The number of benzene rings is 1. The summed E-state index contributed by atoms with van der Waals surface area (Å²) in [6, 6.07) is 6.57. The molecule has 2 heterocycles. The molecular weight excluding hydrogens is 482 g/mol. The monoisotopic (exact) mass is 517 g/mol. The zero-order valence-electron chi connectivity index (χ0n) is 20.9. The highest BCUT2D eigenvalue weighted by Gasteiger charge is 2.51. The van der Waals surface area contributed by atoms with Crippen molar-refractivity contribution < 1.29 is 22.8 Å². The van der Waals surface area contributed by atoms with E-state index in [2.05, 4.69) is 10.0 Å². The second-order valence-corrected chi connectivity index (χ2v) is 12.8. The molecule has 2 aliphatic carbocycles. The van der Waals surface area contributed by atoms with Crippen molar-refractivity contribution in [1.82, 2.24) is 24.7 Å². The Kier molecular flexibility index (Phi) is 6.59. The van der Waals surface area contributed by atoms with Crippen molar-refractivity contribution in [2.45, 2.75) is 62.4 Å². The van der Waals surface area contributed by atoms with E-state index in [9.17, 15) is 22.8 Å². The molecule has 1 aromatic rings. The van der Waals surface area contributed by atoms with Crippen LogP contribution in [0.2, 0.25) is 0 Å². The summed E-state index contributed by atoms with van der Waals surface area (Å²) in [5, 5.41) is 2.60. The summed E-state index contributed by atoms with van der Waals surface area (Å²) in [5.41, 5.74) is 1.11. The maximum absolute atomic E-state index is 13.1. The molecule has 2 saturated carbocycles. The Labute approximate surface area is 212 Å². The van der Waals surface area contributed by atoms with Crippen molar-refractivity contribution in [3.8, 4) is 0 Å². The van der Waals surface area contributed by atoms with Crippen molar-refractivity contribution in [2.24, 2.45) is 5.92 Å². The summed E-state index contributed by atoms with van der Waals surface area (Å²) in [7, 11) is -2.08. The molecule has 196 valence electrons. The van der Waals surface area contributed by atoms with E-state index < -0.39 is 21.2 Å². The smallest absolute Gasteiger partial charge is 0.327 e. The fourth-order valence-electron chi connectivity index (χ4n) is 5.61. The minimum atomic E-state index is -3.55. The van der Waals surface area contributed by atoms with Crippen molar-refractivity contribution in [3.63, 3.8) is 0 Å². The molecular formula is C25H35N5O5S. The number of fused-ring (bicyclic) bond motifs is 1. The Morgan fingerprint density at radius 3 is 2.42 bits per heavy atom. The number of piperazine rings is 1. The minimum absolute atomic E-state index is 0.00399. The molecule has 0 spiro atoms. The van der Waals surface area contributed by atoms with Crippen LogP contribution >= 0.6 is 0 Å². The standard InChI is InChI=1S/C25H35N5O5S/c1-25(9-10-25)27-36(34,35)19-7-8-21-20(15-19)23(32)28(2)24(33)30(21)16-17-3-5-18(6-4-17)22(31)29-13-11-26-12-14-29/h3-6,19-21,26-27H,7-16H2,1-2H3. The third-order valence-electron chi connectivity index (χ3n) is 8.13. The van der Waals surface area contributed by atoms with Crippen LogP contribution in [0.1, 0.15) is 54.9 Å². The average molecular weight is 518 g/mol. The van der Waals surface area contributed by atoms with E-state index in [0.29, 0.717) is 38.0 Å². The summed E-state index contributed by atoms with van der Waals surface area (Å²) >= 11 is 0. The number of carbonyl (C=O) groups is 3. The first-order chi connectivity index (χ1) is 17.1. The number of hydrogen-bond acceptors (Lipinski definition) is 6. The molecule has 36 heavy (non-hydrogen) atoms. The number of amides is 4. The van der Waals surface area contributed by atoms with Crippen LogP contribution in [-0.2, 0) is 21.4 Å². The van der Waals surface area contributed by atoms with Gasteiger partial charge in [0.15, 0.2) is 0 Å². The molecule has 11 heteroatoms. The first-order valence-corrected chi connectivity index (χ1v) is 14.3. The number of nitrogens with one attached hydrogen (secondary N) is 2. The van der Waals surface area contributed by atoms with E-state index in [1.807, 2.05) is 24.0 Å². The third kappa shape index (κ3) is 4.88. The Balaban J connectivity index is 1.29. The Morgan fingerprint density at radius 2 is 1.78 bits per heavy atom. The number of urea groups is 1. The molecule has 5 rings (SSSR count). The number of rotatable bonds is 6. The molecule has 4 aliphatic rings. The predicted octanol–water partition coefficient (Wildman–Crippen LogP) is 1.14. The zero-order valence-corrected chi connectivity index (χ0v) is 21.7. The van der Waals surface area contributed by atoms with Gasteiger partial charge in [0.2, 0.25) is 15.9 Å². The summed E-state index contributed by atoms with van der Waals surface area (Å²) in [5.74, 6) is -0.866. The van der Waals surface area contributed by atoms with E-state index in [4.69, 9.17) is 0 Å². The van der Waals surface area contributed by atoms with Gasteiger partial charge in [-0.1, -0.05) is 12.1 Å². The first kappa shape index (κ1) is 25.2. The maximum atomic E-state index is 13.1. The summed E-state index contributed by atoms with van der Waals surface area (Å²) in [6.45, 7) is 5.13. The van der Waals surface area contributed by atoms with Gasteiger partial charge in [-0.2, -0.15) is 0 Å². The average Bonchev–Trinajstić information content (AvgIpc) is 3.60. The van der Waals surface area contributed by atoms with Crippen LogP contribution in [0.5, 0.6) is 0 Å². The van der Waals surface area contributed by atoms with Crippen molar-refractivity contribution >= 4 is 27.9 Å². The van der Waals surface area contributed by atoms with Gasteiger partial charge in [-0.3, -0.25) is 14.5 Å². The van der Waals surface area contributed by atoms with Gasteiger partial charge in [-0.15, -0.1) is 0 Å². The van der Waals surface area contributed by atoms with Gasteiger partial charge in [-0.25, -0.2) is 17.9 Å². The number of sulfonamides is 1. The van der Waals surface area contributed by atoms with Crippen LogP contribution in [0, 0.1) is 5.92 Å². The van der Waals surface area contributed by atoms with Crippen LogP contribution in [0.25, 0.3) is 0 Å². The van der Waals surface area contributed by atoms with Gasteiger partial charge in [-0.05, 0) is 56.7 Å². The molecule has 4 amide bonds. The quantitative estimate of drug-likeness (QED) is 0.584. The number of carbonyl (C=O) groups excluding carboxylic acids is 3. The topological polar surface area (TPSA) is 119 Å². The SMILES string of the molecule is CN1C(=O)C2CC(S(=O)(=O)NC3(C)CC3)CCC2N(Cc2ccc(C(=O)N3CCNCC3)cc2)C1=O. The molecule has 0 aromatic heterocycles. The highest BCUT2D eigenvalue weighted by molar-refractivity contribution is 7.90. The van der Waals surface area contributed by atoms with Crippen molar-refractivity contribution in [1.29, 1.82) is 0 Å². The Bertz CT molecular complexity index is 1140. The summed E-state index contributed by atoms with van der Waals surface area (Å²) < 4.78 is 28.8. The maximum Gasteiger partial charge on any atom is 0.327 e. The van der Waals surface area contributed by atoms with Crippen molar-refractivity contribution in [2.75, 3.05) is 33.2 Å². The summed E-state index contributed by atoms with van der Waals surface area (Å²) in [4.78, 5) is 43.5. The van der Waals surface area contributed by atoms with E-state index in [0.717, 1.165) is 36.4 Å². The lowest BCUT2D eigenvalue weighted by Crippen LogP contribution is -2.62. The van der Waals surface area contributed by atoms with E-state index in [1.165, 1.54) is 7.05 Å². The molecule has 0 bridgehead atoms. The molecule has 10 nitrogen and oxygen atoms in total. The van der Waals surface area contributed by atoms with Gasteiger partial charge in [0.25, 0.3) is 5.91 Å². The van der Waals surface area contributed by atoms with Crippen LogP contribution in [0.4, 0.5) is 4.79 Å². The van der Waals surface area contributed by atoms with Gasteiger partial charge < -0.3 is 15.1 Å². The molecule has 2 N–H and O–H groups in total. The Morgan fingerprint density at radius 1 is 1.11 bits per heavy atom. The fourth-order valence-corrected chi connectivity index (χ4v) is 7.58. The molecule has 4 fully saturated rings. The van der Waals surface area contributed by atoms with Crippen LogP contribution in [0.15, 0.2) is 24.3 Å². The Hall–Kier alpha value is -2.50. The highest BCUT2D eigenvalue weighted by Crippen LogP contribution is 2.40. The first-order valence-electron chi connectivity index (χ1n) is 12.8. The lowest BCUT2D eigenvalue weighted by atomic mass is 9.80. The zero-order chi connectivity index (χ0) is 25.7. The van der Waals surface area contributed by atoms with Crippen LogP contribution < -0.4 is 10.0 Å². The van der Waals surface area contributed by atoms with Gasteiger partial charge in [0.1, 0.15) is 0 Å². The number of nitrogens with zero attached hydrogens (tertiary/aromatic N) is 3. The van der Waals surface area contributed by atoms with E-state index in [-0.39, 0.29) is 35.8 Å². The second-order valence-electron chi connectivity index (χ2n) is 10.9. The number of hydrogen-bond donors (Lipinski definition) is 2. The molecule has 2 saturated heterocycles. The van der Waals surface area contributed by atoms with Gasteiger partial charge in [0, 0.05) is 56.9 Å². The predicted molar refractivity (Wildman–Crippen MR) is 134 cm³/mol. The molecule has 1 aromatic carbocycles. The third-order valence-corrected chi connectivity index (χ3v) is 10.2. The van der Waals surface area contributed by atoms with Crippen LogP contribution in [0.3, 0.4) is 0 Å². The lowest BCUT2D eigenvalue weighted by Gasteiger charge is -2.47. The van der Waals surface area contributed by atoms with E-state index in [1.54, 1.807) is 17.0 Å². The lowest BCUT2D eigenvalue weighted by molar-refractivity contribution is -0.139. The largest absolute Gasteiger partial charge is 0.336 e. The highest BCUT2D eigenvalue weighted by atomic mass is 32.2. The second kappa shape index (κ2) is 9.42. The normalized spacial score (nSPS) is 28.2. The van der Waals surface area contributed by atoms with E-state index >= 15 is 0 Å². The van der Waals surface area contributed by atoms with Crippen molar-refractivity contribution in [3.05, 3.63) is 35.4 Å².